The van der Waals surface area contributed by atoms with Crippen LogP contribution in [0.4, 0.5) is 0 Å². The summed E-state index contributed by atoms with van der Waals surface area (Å²) in [6.45, 7) is 21.3. The van der Waals surface area contributed by atoms with E-state index in [0.29, 0.717) is 12.0 Å². The molecule has 0 aromatic heterocycles. The second kappa shape index (κ2) is 14.0. The van der Waals surface area contributed by atoms with Crippen molar-refractivity contribution in [3.8, 4) is 11.5 Å². The summed E-state index contributed by atoms with van der Waals surface area (Å²) in [5, 5.41) is 31.8. The van der Waals surface area contributed by atoms with E-state index in [2.05, 4.69) is 47.6 Å². The quantitative estimate of drug-likeness (QED) is 0.209. The fourth-order valence-electron chi connectivity index (χ4n) is 4.70. The summed E-state index contributed by atoms with van der Waals surface area (Å²) in [7, 11) is 0. The van der Waals surface area contributed by atoms with Gasteiger partial charge in [-0.1, -0.05) is 86.6 Å². The second-order valence-corrected chi connectivity index (χ2v) is 13.8. The van der Waals surface area contributed by atoms with Crippen molar-refractivity contribution in [1.29, 1.82) is 0 Å². The third-order valence-corrected chi connectivity index (χ3v) is 7.05. The van der Waals surface area contributed by atoms with Crippen molar-refractivity contribution >= 4 is 5.97 Å². The van der Waals surface area contributed by atoms with E-state index in [4.69, 9.17) is 19.3 Å². The summed E-state index contributed by atoms with van der Waals surface area (Å²) in [6, 6.07) is 7.93. The van der Waals surface area contributed by atoms with E-state index in [1.54, 1.807) is 6.92 Å². The van der Waals surface area contributed by atoms with Crippen molar-refractivity contribution in [2.45, 2.75) is 104 Å². The first-order valence-electron chi connectivity index (χ1n) is 14.6. The minimum Gasteiger partial charge on any atom is -0.507 e. The number of esters is 1. The number of aliphatic hydroxyl groups is 1. The molecular weight excluding hydrogens is 520 g/mol. The van der Waals surface area contributed by atoms with Crippen LogP contribution in [0, 0.1) is 0 Å². The maximum absolute atomic E-state index is 12.8. The zero-order valence-electron chi connectivity index (χ0n) is 26.8. The highest BCUT2D eigenvalue weighted by molar-refractivity contribution is 5.75. The van der Waals surface area contributed by atoms with Crippen LogP contribution >= 0.6 is 0 Å². The minimum absolute atomic E-state index is 0.0847. The summed E-state index contributed by atoms with van der Waals surface area (Å²) in [6.07, 6.45) is -0.291. The molecule has 2 aromatic rings. The molecule has 0 amide bonds. The van der Waals surface area contributed by atoms with Crippen molar-refractivity contribution in [1.82, 2.24) is 0 Å². The molecule has 0 aliphatic heterocycles. The highest BCUT2D eigenvalue weighted by atomic mass is 16.6. The first-order valence-corrected chi connectivity index (χ1v) is 14.6. The molecule has 0 heterocycles. The van der Waals surface area contributed by atoms with Gasteiger partial charge in [-0.3, -0.25) is 0 Å². The molecule has 0 aliphatic rings. The Hall–Kier alpha value is -2.61. The highest BCUT2D eigenvalue weighted by Crippen LogP contribution is 2.41. The molecule has 7 nitrogen and oxygen atoms in total. The van der Waals surface area contributed by atoms with E-state index in [9.17, 15) is 15.0 Å². The van der Waals surface area contributed by atoms with E-state index in [1.807, 2.05) is 39.0 Å². The molecule has 230 valence electrons. The Kier molecular flexibility index (Phi) is 11.8. The molecule has 0 spiro atoms. The second-order valence-electron chi connectivity index (χ2n) is 13.8. The van der Waals surface area contributed by atoms with Crippen molar-refractivity contribution < 1.29 is 34.3 Å². The number of rotatable bonds is 12. The number of carbonyl (C=O) groups excluding carboxylic acids is 1. The van der Waals surface area contributed by atoms with Crippen molar-refractivity contribution in [3.05, 3.63) is 57.6 Å². The van der Waals surface area contributed by atoms with Crippen LogP contribution in [-0.2, 0) is 48.1 Å². The predicted molar refractivity (Wildman–Crippen MR) is 163 cm³/mol. The molecule has 41 heavy (non-hydrogen) atoms. The number of aliphatic hydroxyl groups excluding tert-OH is 1. The highest BCUT2D eigenvalue weighted by Gasteiger charge is 2.28. The number of aromatic hydroxyl groups is 2. The molecule has 1 atom stereocenters. The Morgan fingerprint density at radius 1 is 0.780 bits per heavy atom. The van der Waals surface area contributed by atoms with Crippen molar-refractivity contribution in [3.63, 3.8) is 0 Å². The summed E-state index contributed by atoms with van der Waals surface area (Å²) in [5.41, 5.74) is 4.18. The van der Waals surface area contributed by atoms with E-state index in [-0.39, 0.29) is 67.2 Å². The van der Waals surface area contributed by atoms with E-state index >= 15 is 0 Å². The van der Waals surface area contributed by atoms with Gasteiger partial charge in [0.15, 0.2) is 6.10 Å². The summed E-state index contributed by atoms with van der Waals surface area (Å²) in [5.74, 6) is -0.0414. The largest absolute Gasteiger partial charge is 0.507 e. The van der Waals surface area contributed by atoms with Crippen LogP contribution in [0.3, 0.4) is 0 Å². The number of carbonyl (C=O) groups is 1. The third kappa shape index (κ3) is 9.73. The van der Waals surface area contributed by atoms with Gasteiger partial charge >= 0.3 is 5.97 Å². The number of benzene rings is 2. The topological polar surface area (TPSA) is 105 Å². The monoisotopic (exact) mass is 572 g/mol. The Morgan fingerprint density at radius 2 is 1.34 bits per heavy atom. The van der Waals surface area contributed by atoms with Gasteiger partial charge in [0.05, 0.1) is 33.0 Å². The molecule has 7 heteroatoms. The number of ether oxygens (including phenoxy) is 3. The van der Waals surface area contributed by atoms with Crippen molar-refractivity contribution in [2.24, 2.45) is 0 Å². The summed E-state index contributed by atoms with van der Waals surface area (Å²) in [4.78, 5) is 12.8. The Bertz CT molecular complexity index is 1160. The number of hydrogen-bond acceptors (Lipinski definition) is 7. The van der Waals surface area contributed by atoms with Gasteiger partial charge in [-0.2, -0.15) is 0 Å². The van der Waals surface area contributed by atoms with Gasteiger partial charge in [0.25, 0.3) is 0 Å². The summed E-state index contributed by atoms with van der Waals surface area (Å²) >= 11 is 0. The number of hydrogen-bond donors (Lipinski definition) is 3. The van der Waals surface area contributed by atoms with Crippen LogP contribution in [0.25, 0.3) is 0 Å². The lowest BCUT2D eigenvalue weighted by Gasteiger charge is -2.28. The molecule has 0 bridgehead atoms. The maximum atomic E-state index is 12.8. The van der Waals surface area contributed by atoms with Crippen LogP contribution in [0.15, 0.2) is 24.3 Å². The maximum Gasteiger partial charge on any atom is 0.335 e. The Balaban J connectivity index is 2.59. The smallest absolute Gasteiger partial charge is 0.335 e. The fraction of sp³-hybridized carbons (Fsp3) is 0.618. The van der Waals surface area contributed by atoms with Gasteiger partial charge in [-0.05, 0) is 56.5 Å². The Labute approximate surface area is 246 Å². The minimum atomic E-state index is -0.858. The summed E-state index contributed by atoms with van der Waals surface area (Å²) < 4.78 is 16.4. The number of phenols is 2. The zero-order chi connectivity index (χ0) is 31.2. The van der Waals surface area contributed by atoms with Gasteiger partial charge in [-0.25, -0.2) is 4.79 Å². The average molecular weight is 573 g/mol. The molecule has 0 radical (unpaired) electrons. The molecule has 0 aliphatic carbocycles. The van der Waals surface area contributed by atoms with Gasteiger partial charge in [0.2, 0.25) is 0 Å². The number of phenolic OH excluding ortho intramolecular Hbond substituents is 2. The van der Waals surface area contributed by atoms with Gasteiger partial charge in [0, 0.05) is 12.8 Å². The first-order chi connectivity index (χ1) is 18.9. The van der Waals surface area contributed by atoms with E-state index < -0.39 is 12.1 Å². The van der Waals surface area contributed by atoms with Crippen LogP contribution < -0.4 is 0 Å². The Morgan fingerprint density at radius 3 is 1.85 bits per heavy atom. The van der Waals surface area contributed by atoms with Crippen molar-refractivity contribution in [2.75, 3.05) is 33.0 Å². The zero-order valence-corrected chi connectivity index (χ0v) is 26.8. The molecule has 0 saturated carbocycles. The van der Waals surface area contributed by atoms with Gasteiger partial charge < -0.3 is 29.5 Å². The molecule has 2 aromatic carbocycles. The molecule has 2 rings (SSSR count). The average Bonchev–Trinajstić information content (AvgIpc) is 2.84. The fourth-order valence-corrected chi connectivity index (χ4v) is 4.70. The molecule has 3 N–H and O–H groups in total. The lowest BCUT2D eigenvalue weighted by Crippen LogP contribution is -2.30. The lowest BCUT2D eigenvalue weighted by atomic mass is 9.77. The van der Waals surface area contributed by atoms with Crippen LogP contribution in [0.1, 0.15) is 103 Å². The normalized spacial score (nSPS) is 13.3. The van der Waals surface area contributed by atoms with Crippen LogP contribution in [0.2, 0.25) is 0 Å². The van der Waals surface area contributed by atoms with Crippen LogP contribution in [-0.4, -0.2) is 60.4 Å². The first kappa shape index (κ1) is 34.6. The predicted octanol–water partition coefficient (Wildman–Crippen LogP) is 6.08. The molecule has 0 saturated heterocycles. The molecular formula is C34H52O7. The molecule has 0 fully saturated rings. The van der Waals surface area contributed by atoms with E-state index in [1.165, 1.54) is 0 Å². The molecule has 1 unspecified atom stereocenters. The van der Waals surface area contributed by atoms with Crippen LogP contribution in [0.5, 0.6) is 11.5 Å². The lowest BCUT2D eigenvalue weighted by molar-refractivity contribution is -0.157. The van der Waals surface area contributed by atoms with E-state index in [0.717, 1.165) is 27.8 Å². The third-order valence-electron chi connectivity index (χ3n) is 7.05. The SMILES string of the molecule is CCOC(=O)C(Cc1cc(Cc2cc(C(C)(C)C)cc(C(C)(C)C)c2O)c(O)c(C(C)(C)C)c1)OCCOCCO. The van der Waals surface area contributed by atoms with Gasteiger partial charge in [-0.15, -0.1) is 0 Å². The van der Waals surface area contributed by atoms with Gasteiger partial charge in [0.1, 0.15) is 11.5 Å². The standard InChI is InChI=1S/C34H52O7/c1-11-40-31(38)28(41-15-14-39-13-12-35)18-22-16-23(29(36)26(17-22)33(5,6)7)19-24-20-25(32(2,3)4)21-27(30(24)37)34(8,9)10/h16-17,20-21,28,35-37H,11-15,18-19H2,1-10H3.